The van der Waals surface area contributed by atoms with Gasteiger partial charge in [-0.1, -0.05) is 23.4 Å². The van der Waals surface area contributed by atoms with Crippen LogP contribution in [0.1, 0.15) is 21.8 Å². The Balaban J connectivity index is 1.65. The number of fused-ring (bicyclic) bond motifs is 1. The van der Waals surface area contributed by atoms with E-state index in [1.54, 1.807) is 17.0 Å². The minimum Gasteiger partial charge on any atom is -0.484 e. The Morgan fingerprint density at radius 3 is 2.82 bits per heavy atom. The number of para-hydroxylation sites is 1. The fourth-order valence-electron chi connectivity index (χ4n) is 2.34. The summed E-state index contributed by atoms with van der Waals surface area (Å²) in [4.78, 5) is 24.8. The van der Waals surface area contributed by atoms with Gasteiger partial charge in [0, 0.05) is 18.5 Å². The number of aromatic carboxylic acids is 1. The van der Waals surface area contributed by atoms with Crippen molar-refractivity contribution in [3.63, 3.8) is 0 Å². The lowest BCUT2D eigenvalue weighted by Gasteiger charge is -2.25. The number of hydrogen-bond acceptors (Lipinski definition) is 5. The van der Waals surface area contributed by atoms with E-state index in [1.807, 2.05) is 18.2 Å². The van der Waals surface area contributed by atoms with Gasteiger partial charge in [0.1, 0.15) is 11.5 Å². The highest BCUT2D eigenvalue weighted by molar-refractivity contribution is 5.87. The molecule has 2 aromatic rings. The van der Waals surface area contributed by atoms with Gasteiger partial charge in [0.25, 0.3) is 5.91 Å². The molecule has 0 fully saturated rings. The summed E-state index contributed by atoms with van der Waals surface area (Å²) in [6.45, 7) is 0.544. The molecule has 0 saturated heterocycles. The van der Waals surface area contributed by atoms with E-state index in [-0.39, 0.29) is 24.8 Å². The van der Waals surface area contributed by atoms with Crippen LogP contribution in [0.2, 0.25) is 0 Å². The number of hydrogen-bond donors (Lipinski definition) is 1. The number of carboxylic acid groups (broad SMARTS) is 1. The molecule has 1 aliphatic rings. The second-order valence-electron chi connectivity index (χ2n) is 4.91. The fraction of sp³-hybridized carbons (Fsp3) is 0.267. The molecule has 1 aromatic heterocycles. The molecule has 7 heteroatoms. The largest absolute Gasteiger partial charge is 0.484 e. The summed E-state index contributed by atoms with van der Waals surface area (Å²) in [5.74, 6) is -0.206. The number of benzene rings is 1. The molecular formula is C15H14N2O5. The molecule has 114 valence electrons. The first kappa shape index (κ1) is 14.1. The molecule has 0 saturated carbocycles. The first-order valence-electron chi connectivity index (χ1n) is 6.81. The van der Waals surface area contributed by atoms with Crippen molar-refractivity contribution in [2.75, 3.05) is 13.2 Å². The molecule has 0 bridgehead atoms. The van der Waals surface area contributed by atoms with Gasteiger partial charge in [0.2, 0.25) is 0 Å². The van der Waals surface area contributed by atoms with Crippen molar-refractivity contribution in [2.24, 2.45) is 0 Å². The zero-order valence-electron chi connectivity index (χ0n) is 11.7. The monoisotopic (exact) mass is 302 g/mol. The van der Waals surface area contributed by atoms with Crippen LogP contribution in [0.15, 0.2) is 34.9 Å². The van der Waals surface area contributed by atoms with Crippen LogP contribution < -0.4 is 4.74 Å². The number of ether oxygens (including phenoxy) is 1. The zero-order chi connectivity index (χ0) is 15.5. The summed E-state index contributed by atoms with van der Waals surface area (Å²) < 4.78 is 10.4. The third-order valence-electron chi connectivity index (χ3n) is 3.49. The smallest absolute Gasteiger partial charge is 0.358 e. The van der Waals surface area contributed by atoms with Gasteiger partial charge in [0.05, 0.1) is 6.54 Å². The van der Waals surface area contributed by atoms with Gasteiger partial charge in [-0.2, -0.15) is 0 Å². The normalized spacial score (nSPS) is 13.5. The molecule has 1 aliphatic heterocycles. The van der Waals surface area contributed by atoms with E-state index in [1.165, 1.54) is 0 Å². The maximum Gasteiger partial charge on any atom is 0.358 e. The van der Waals surface area contributed by atoms with Crippen LogP contribution in [-0.2, 0) is 17.8 Å². The third-order valence-corrected chi connectivity index (χ3v) is 3.49. The molecule has 1 amide bonds. The first-order valence-corrected chi connectivity index (χ1v) is 6.81. The van der Waals surface area contributed by atoms with Crippen molar-refractivity contribution in [1.82, 2.24) is 10.1 Å². The Hall–Kier alpha value is -2.83. The molecule has 22 heavy (non-hydrogen) atoms. The minimum absolute atomic E-state index is 0.0902. The van der Waals surface area contributed by atoms with Gasteiger partial charge in [-0.15, -0.1) is 0 Å². The topological polar surface area (TPSA) is 92.9 Å². The van der Waals surface area contributed by atoms with Crippen molar-refractivity contribution < 1.29 is 24.0 Å². The standard InChI is InChI=1S/C15H14N2O5/c18-13(9-21-10-4-2-1-3-5-10)17-7-6-12-11(8-17)14(15(19)20)16-22-12/h1-5H,6-9H2,(H,19,20). The van der Waals surface area contributed by atoms with Crippen molar-refractivity contribution in [1.29, 1.82) is 0 Å². The van der Waals surface area contributed by atoms with Gasteiger partial charge < -0.3 is 19.3 Å². The Labute approximate surface area is 126 Å². The number of rotatable bonds is 4. The predicted molar refractivity (Wildman–Crippen MR) is 74.5 cm³/mol. The highest BCUT2D eigenvalue weighted by atomic mass is 16.5. The van der Waals surface area contributed by atoms with E-state index in [4.69, 9.17) is 14.4 Å². The molecule has 0 spiro atoms. The Morgan fingerprint density at radius 2 is 2.09 bits per heavy atom. The van der Waals surface area contributed by atoms with E-state index in [2.05, 4.69) is 5.16 Å². The summed E-state index contributed by atoms with van der Waals surface area (Å²) in [6, 6.07) is 9.04. The van der Waals surface area contributed by atoms with Crippen molar-refractivity contribution >= 4 is 11.9 Å². The number of carbonyl (C=O) groups excluding carboxylic acids is 1. The quantitative estimate of drug-likeness (QED) is 0.916. The Morgan fingerprint density at radius 1 is 1.32 bits per heavy atom. The fourth-order valence-corrected chi connectivity index (χ4v) is 2.34. The first-order chi connectivity index (χ1) is 10.6. The molecule has 0 aliphatic carbocycles. The lowest BCUT2D eigenvalue weighted by atomic mass is 10.1. The summed E-state index contributed by atoms with van der Waals surface area (Å²) in [6.07, 6.45) is 0.451. The van der Waals surface area contributed by atoms with E-state index in [0.717, 1.165) is 0 Å². The molecule has 1 aromatic carbocycles. The summed E-state index contributed by atoms with van der Waals surface area (Å²) >= 11 is 0. The van der Waals surface area contributed by atoms with Crippen LogP contribution in [0.3, 0.4) is 0 Å². The van der Waals surface area contributed by atoms with E-state index in [0.29, 0.717) is 30.0 Å². The molecule has 2 heterocycles. The van der Waals surface area contributed by atoms with Crippen LogP contribution in [0.5, 0.6) is 5.75 Å². The number of amides is 1. The number of carbonyl (C=O) groups is 2. The van der Waals surface area contributed by atoms with Crippen LogP contribution in [0, 0.1) is 0 Å². The molecule has 0 atom stereocenters. The number of aromatic nitrogens is 1. The highest BCUT2D eigenvalue weighted by Crippen LogP contribution is 2.22. The lowest BCUT2D eigenvalue weighted by Crippen LogP contribution is -2.39. The van der Waals surface area contributed by atoms with E-state index >= 15 is 0 Å². The molecule has 1 N–H and O–H groups in total. The second kappa shape index (κ2) is 5.88. The average Bonchev–Trinajstić information content (AvgIpc) is 2.96. The number of nitrogens with zero attached hydrogens (tertiary/aromatic N) is 2. The Bertz CT molecular complexity index is 695. The summed E-state index contributed by atoms with van der Waals surface area (Å²) in [5, 5.41) is 12.6. The second-order valence-corrected chi connectivity index (χ2v) is 4.91. The van der Waals surface area contributed by atoms with Crippen LogP contribution >= 0.6 is 0 Å². The SMILES string of the molecule is O=C(O)c1noc2c1CN(C(=O)COc1ccccc1)CC2. The van der Waals surface area contributed by atoms with Crippen LogP contribution in [-0.4, -0.2) is 40.2 Å². The van der Waals surface area contributed by atoms with Crippen molar-refractivity contribution in [2.45, 2.75) is 13.0 Å². The molecule has 0 radical (unpaired) electrons. The maximum absolute atomic E-state index is 12.2. The van der Waals surface area contributed by atoms with Crippen molar-refractivity contribution in [3.8, 4) is 5.75 Å². The molecule has 0 unspecified atom stereocenters. The summed E-state index contributed by atoms with van der Waals surface area (Å²) in [5.41, 5.74) is 0.336. The van der Waals surface area contributed by atoms with Gasteiger partial charge in [-0.05, 0) is 12.1 Å². The third kappa shape index (κ3) is 2.78. The molecular weight excluding hydrogens is 288 g/mol. The average molecular weight is 302 g/mol. The zero-order valence-corrected chi connectivity index (χ0v) is 11.7. The summed E-state index contributed by atoms with van der Waals surface area (Å²) in [7, 11) is 0. The van der Waals surface area contributed by atoms with Gasteiger partial charge in [-0.25, -0.2) is 4.79 Å². The van der Waals surface area contributed by atoms with Crippen molar-refractivity contribution in [3.05, 3.63) is 47.3 Å². The van der Waals surface area contributed by atoms with Crippen LogP contribution in [0.25, 0.3) is 0 Å². The number of carboxylic acids is 1. The molecule has 7 nitrogen and oxygen atoms in total. The Kier molecular flexibility index (Phi) is 3.78. The van der Waals surface area contributed by atoms with Gasteiger partial charge in [0.15, 0.2) is 12.3 Å². The van der Waals surface area contributed by atoms with Gasteiger partial charge in [-0.3, -0.25) is 4.79 Å². The van der Waals surface area contributed by atoms with Gasteiger partial charge >= 0.3 is 5.97 Å². The van der Waals surface area contributed by atoms with E-state index in [9.17, 15) is 9.59 Å². The van der Waals surface area contributed by atoms with E-state index < -0.39 is 5.97 Å². The van der Waals surface area contributed by atoms with Crippen LogP contribution in [0.4, 0.5) is 0 Å². The molecule has 3 rings (SSSR count). The maximum atomic E-state index is 12.2. The highest BCUT2D eigenvalue weighted by Gasteiger charge is 2.29. The minimum atomic E-state index is -1.15. The predicted octanol–water partition coefficient (Wildman–Crippen LogP) is 1.34. The lowest BCUT2D eigenvalue weighted by molar-refractivity contribution is -0.134.